The second kappa shape index (κ2) is 12.1. The van der Waals surface area contributed by atoms with E-state index in [0.717, 1.165) is 37.8 Å². The van der Waals surface area contributed by atoms with E-state index in [2.05, 4.69) is 26.6 Å². The number of benzene rings is 3. The fraction of sp³-hybridized carbons (Fsp3) is 0.250. The Balaban J connectivity index is 1.22. The summed E-state index contributed by atoms with van der Waals surface area (Å²) in [5.41, 5.74) is 10.2. The molecular formula is C32H30N10O3S. The monoisotopic (exact) mass is 634 g/mol. The fourth-order valence-electron chi connectivity index (χ4n) is 6.30. The molecule has 14 heteroatoms. The third-order valence-electron chi connectivity index (χ3n) is 8.43. The zero-order valence-corrected chi connectivity index (χ0v) is 25.5. The second-order valence-corrected chi connectivity index (χ2v) is 12.3. The van der Waals surface area contributed by atoms with E-state index >= 15 is 0 Å². The summed E-state index contributed by atoms with van der Waals surface area (Å²) in [4.78, 5) is 49.3. The Kier molecular flexibility index (Phi) is 7.69. The van der Waals surface area contributed by atoms with Gasteiger partial charge in [0.25, 0.3) is 0 Å². The maximum atomic E-state index is 14.3. The third kappa shape index (κ3) is 5.46. The number of aromatic nitrogens is 3. The van der Waals surface area contributed by atoms with Gasteiger partial charge in [-0.25, -0.2) is 14.8 Å². The number of rotatable bonds is 8. The average Bonchev–Trinajstić information content (AvgIpc) is 3.77. The van der Waals surface area contributed by atoms with Crippen molar-refractivity contribution in [3.63, 3.8) is 0 Å². The molecule has 7 rings (SSSR count). The van der Waals surface area contributed by atoms with Gasteiger partial charge in [0.05, 0.1) is 41.1 Å². The number of hydrazine groups is 1. The van der Waals surface area contributed by atoms with Crippen LogP contribution in [0.3, 0.4) is 0 Å². The number of para-hydroxylation sites is 1. The van der Waals surface area contributed by atoms with E-state index in [0.29, 0.717) is 5.13 Å². The Hall–Kier alpha value is -5.52. The Morgan fingerprint density at radius 3 is 2.80 bits per heavy atom. The number of amides is 4. The highest BCUT2D eigenvalue weighted by Crippen LogP contribution is 2.32. The lowest BCUT2D eigenvalue weighted by atomic mass is 9.99. The molecule has 2 saturated heterocycles. The van der Waals surface area contributed by atoms with Crippen LogP contribution in [0.15, 0.2) is 72.9 Å². The molecule has 232 valence electrons. The molecule has 2 aromatic heterocycles. The summed E-state index contributed by atoms with van der Waals surface area (Å²) in [7, 11) is 0. The first-order valence-corrected chi connectivity index (χ1v) is 15.6. The van der Waals surface area contributed by atoms with Crippen molar-refractivity contribution in [3.05, 3.63) is 89.6 Å². The minimum atomic E-state index is -0.836. The molecule has 2 atom stereocenters. The van der Waals surface area contributed by atoms with Crippen molar-refractivity contribution in [2.24, 2.45) is 0 Å². The quantitative estimate of drug-likeness (QED) is 0.219. The summed E-state index contributed by atoms with van der Waals surface area (Å²) in [5.74, 6) is -0.500. The average molecular weight is 635 g/mol. The van der Waals surface area contributed by atoms with Crippen molar-refractivity contribution in [2.75, 3.05) is 25.4 Å². The normalized spacial score (nSPS) is 18.2. The number of nitrogens with zero attached hydrogens (tertiary/aromatic N) is 7. The Bertz CT molecular complexity index is 1990. The highest BCUT2D eigenvalue weighted by Gasteiger charge is 2.52. The minimum absolute atomic E-state index is 0.131. The Labute approximate surface area is 267 Å². The van der Waals surface area contributed by atoms with Gasteiger partial charge in [-0.15, -0.1) is 0 Å². The first-order chi connectivity index (χ1) is 22.4. The molecule has 0 spiro atoms. The molecule has 5 aromatic rings. The molecule has 0 radical (unpaired) electrons. The van der Waals surface area contributed by atoms with Crippen LogP contribution in [0.1, 0.15) is 16.7 Å². The number of H-pyrrole nitrogens is 1. The smallest absolute Gasteiger partial charge is 0.333 e. The lowest BCUT2D eigenvalue weighted by Gasteiger charge is -2.46. The van der Waals surface area contributed by atoms with Gasteiger partial charge in [0.2, 0.25) is 11.8 Å². The van der Waals surface area contributed by atoms with Crippen LogP contribution < -0.4 is 11.1 Å². The first-order valence-electron chi connectivity index (χ1n) is 14.8. The Morgan fingerprint density at radius 1 is 1.13 bits per heavy atom. The molecule has 2 fully saturated rings. The molecule has 46 heavy (non-hydrogen) atoms. The predicted octanol–water partition coefficient (Wildman–Crippen LogP) is 2.83. The molecule has 2 aliphatic heterocycles. The van der Waals surface area contributed by atoms with E-state index in [1.807, 2.05) is 66.7 Å². The lowest BCUT2D eigenvalue weighted by Crippen LogP contribution is -2.66. The van der Waals surface area contributed by atoms with Gasteiger partial charge in [-0.1, -0.05) is 59.9 Å². The number of hydrogen-bond donors (Lipinski definition) is 3. The number of fused-ring (bicyclic) bond motifs is 3. The number of nitrogen functional groups attached to an aromatic ring is 1. The number of carbonyl (C=O) groups excluding carboxylic acids is 3. The van der Waals surface area contributed by atoms with Crippen molar-refractivity contribution in [1.29, 1.82) is 5.26 Å². The van der Waals surface area contributed by atoms with E-state index in [1.54, 1.807) is 21.0 Å². The molecule has 13 nitrogen and oxygen atoms in total. The highest BCUT2D eigenvalue weighted by molar-refractivity contribution is 7.22. The van der Waals surface area contributed by atoms with Gasteiger partial charge >= 0.3 is 6.03 Å². The zero-order valence-electron chi connectivity index (χ0n) is 24.7. The third-order valence-corrected chi connectivity index (χ3v) is 9.28. The summed E-state index contributed by atoms with van der Waals surface area (Å²) in [6, 6.07) is 21.7. The molecule has 4 N–H and O–H groups in total. The molecule has 1 unspecified atom stereocenters. The number of aromatic amines is 1. The molecule has 0 bridgehead atoms. The number of nitrogens with two attached hydrogens (primary N) is 1. The van der Waals surface area contributed by atoms with Gasteiger partial charge in [-0.05, 0) is 34.9 Å². The first kappa shape index (κ1) is 29.2. The highest BCUT2D eigenvalue weighted by atomic mass is 32.1. The summed E-state index contributed by atoms with van der Waals surface area (Å²) in [6.45, 7) is 0.197. The number of piperazine rings is 1. The minimum Gasteiger partial charge on any atom is -0.375 e. The van der Waals surface area contributed by atoms with E-state index in [9.17, 15) is 19.6 Å². The van der Waals surface area contributed by atoms with Gasteiger partial charge < -0.3 is 20.9 Å². The lowest BCUT2D eigenvalue weighted by molar-refractivity contribution is -0.157. The van der Waals surface area contributed by atoms with E-state index < -0.39 is 18.2 Å². The number of thiazole rings is 1. The zero-order chi connectivity index (χ0) is 31.8. The fourth-order valence-corrected chi connectivity index (χ4v) is 7.08. The van der Waals surface area contributed by atoms with Crippen molar-refractivity contribution in [2.45, 2.75) is 31.7 Å². The van der Waals surface area contributed by atoms with Crippen molar-refractivity contribution < 1.29 is 14.4 Å². The van der Waals surface area contributed by atoms with Crippen LogP contribution in [0.4, 0.5) is 9.93 Å². The van der Waals surface area contributed by atoms with Gasteiger partial charge in [0.15, 0.2) is 5.13 Å². The van der Waals surface area contributed by atoms with Crippen LogP contribution in [0.5, 0.6) is 0 Å². The molecule has 0 aliphatic carbocycles. The van der Waals surface area contributed by atoms with Crippen molar-refractivity contribution in [3.8, 4) is 6.07 Å². The van der Waals surface area contributed by atoms with E-state index in [1.165, 1.54) is 16.3 Å². The topological polar surface area (TPSA) is 168 Å². The summed E-state index contributed by atoms with van der Waals surface area (Å²) in [5, 5.41) is 23.8. The van der Waals surface area contributed by atoms with Crippen LogP contribution in [0.2, 0.25) is 0 Å². The molecule has 0 saturated carbocycles. The van der Waals surface area contributed by atoms with E-state index in [4.69, 9.17) is 5.73 Å². The number of carbonyl (C=O) groups is 3. The second-order valence-electron chi connectivity index (χ2n) is 11.3. The number of nitriles is 1. The Morgan fingerprint density at radius 2 is 1.98 bits per heavy atom. The standard InChI is InChI=1S/C32H30N10O3S/c33-11-12-40(32(45)35-15-20-5-2-1-3-6-20)41-19-28(43)42-25(14-21-9-10-24-23(13-21)16-36-38-24)30(44)39(18-27(41)42)17-22-7-4-8-26-29(22)37-31(34)46-26/h1-10,13,16,25,27H,12,14-15,17-19H2,(H2,34,37)(H,35,45)(H,36,38)/t25-,27?/m0/s1. The summed E-state index contributed by atoms with van der Waals surface area (Å²) >= 11 is 1.38. The number of urea groups is 1. The summed E-state index contributed by atoms with van der Waals surface area (Å²) < 4.78 is 0.916. The number of hydrogen-bond acceptors (Lipinski definition) is 9. The SMILES string of the molecule is N#CCN(C(=O)NCc1ccccc1)N1CC(=O)N2C1CN(Cc1cccc3sc(N)nc13)C(=O)[C@@H]2Cc1ccc2[nH]ncc2c1. The van der Waals surface area contributed by atoms with Gasteiger partial charge in [-0.3, -0.25) is 14.7 Å². The predicted molar refractivity (Wildman–Crippen MR) is 171 cm³/mol. The number of nitrogens with one attached hydrogen (secondary N) is 2. The van der Waals surface area contributed by atoms with Crippen molar-refractivity contribution in [1.82, 2.24) is 40.3 Å². The van der Waals surface area contributed by atoms with Crippen LogP contribution in [0, 0.1) is 11.3 Å². The largest absolute Gasteiger partial charge is 0.375 e. The molecular weight excluding hydrogens is 604 g/mol. The molecule has 4 heterocycles. The van der Waals surface area contributed by atoms with Crippen LogP contribution in [0.25, 0.3) is 21.1 Å². The van der Waals surface area contributed by atoms with Crippen molar-refractivity contribution >= 4 is 55.4 Å². The van der Waals surface area contributed by atoms with E-state index in [-0.39, 0.29) is 51.0 Å². The van der Waals surface area contributed by atoms with Gasteiger partial charge in [0, 0.05) is 24.9 Å². The maximum absolute atomic E-state index is 14.3. The molecule has 3 aromatic carbocycles. The maximum Gasteiger partial charge on any atom is 0.333 e. The van der Waals surface area contributed by atoms with Gasteiger partial charge in [0.1, 0.15) is 18.8 Å². The van der Waals surface area contributed by atoms with Crippen LogP contribution in [-0.2, 0) is 29.1 Å². The van der Waals surface area contributed by atoms with Crippen LogP contribution in [-0.4, -0.2) is 84.7 Å². The molecule has 2 aliphatic rings. The van der Waals surface area contributed by atoms with Crippen LogP contribution >= 0.6 is 11.3 Å². The number of anilines is 1. The van der Waals surface area contributed by atoms with Gasteiger partial charge in [-0.2, -0.15) is 15.4 Å². The summed E-state index contributed by atoms with van der Waals surface area (Å²) in [6.07, 6.45) is 1.30. The molecule has 4 amide bonds.